The van der Waals surface area contributed by atoms with Gasteiger partial charge in [-0.1, -0.05) is 6.07 Å². The summed E-state index contributed by atoms with van der Waals surface area (Å²) in [6.45, 7) is 7.14. The molecule has 1 spiro atoms. The monoisotopic (exact) mass is 360 g/mol. The zero-order chi connectivity index (χ0) is 17.7. The van der Waals surface area contributed by atoms with E-state index in [1.54, 1.807) is 6.20 Å². The number of hydrogen-bond acceptors (Lipinski definition) is 5. The number of ether oxygens (including phenoxy) is 3. The maximum atomic E-state index is 6.32. The van der Waals surface area contributed by atoms with Crippen molar-refractivity contribution in [2.75, 3.05) is 46.1 Å². The molecule has 4 heterocycles. The van der Waals surface area contributed by atoms with Crippen LogP contribution in [0.5, 0.6) is 5.88 Å². The van der Waals surface area contributed by atoms with E-state index in [2.05, 4.69) is 9.88 Å². The van der Waals surface area contributed by atoms with Crippen LogP contribution in [0.4, 0.5) is 0 Å². The van der Waals surface area contributed by atoms with Crippen LogP contribution in [0.1, 0.15) is 38.5 Å². The molecular formula is C21H32N2O3. The first-order chi connectivity index (χ1) is 12.8. The van der Waals surface area contributed by atoms with Gasteiger partial charge in [0.05, 0.1) is 12.2 Å². The highest BCUT2D eigenvalue weighted by molar-refractivity contribution is 5.09. The van der Waals surface area contributed by atoms with E-state index < -0.39 is 0 Å². The molecule has 3 aliphatic rings. The first-order valence-electron chi connectivity index (χ1n) is 10.3. The molecule has 1 unspecified atom stereocenters. The Morgan fingerprint density at radius 2 is 1.96 bits per heavy atom. The quantitative estimate of drug-likeness (QED) is 0.780. The molecule has 5 nitrogen and oxygen atoms in total. The fourth-order valence-electron chi connectivity index (χ4n) is 4.89. The Balaban J connectivity index is 1.24. The maximum absolute atomic E-state index is 6.32. The van der Waals surface area contributed by atoms with Gasteiger partial charge in [-0.25, -0.2) is 4.98 Å². The highest BCUT2D eigenvalue weighted by Crippen LogP contribution is 2.42. The standard InChI is InChI=1S/C21H32N2O3/c1-2-10-22-20(3-1)25-15-6-19-7-16-26-21(19)8-11-23(12-9-21)17-18-4-13-24-14-5-18/h1-3,10,18-19H,4-9,11-17H2. The Labute approximate surface area is 157 Å². The lowest BCUT2D eigenvalue weighted by molar-refractivity contribution is -0.0733. The van der Waals surface area contributed by atoms with Crippen molar-refractivity contribution in [1.29, 1.82) is 0 Å². The van der Waals surface area contributed by atoms with Gasteiger partial charge in [0.25, 0.3) is 0 Å². The third-order valence-electron chi connectivity index (χ3n) is 6.51. The summed E-state index contributed by atoms with van der Waals surface area (Å²) in [5, 5.41) is 0. The van der Waals surface area contributed by atoms with Gasteiger partial charge in [0.1, 0.15) is 0 Å². The van der Waals surface area contributed by atoms with Crippen LogP contribution in [-0.4, -0.2) is 61.5 Å². The average molecular weight is 360 g/mol. The number of rotatable bonds is 6. The summed E-state index contributed by atoms with van der Waals surface area (Å²) in [4.78, 5) is 6.90. The topological polar surface area (TPSA) is 43.8 Å². The molecule has 4 rings (SSSR count). The molecule has 5 heteroatoms. The van der Waals surface area contributed by atoms with Crippen LogP contribution in [0.15, 0.2) is 24.4 Å². The van der Waals surface area contributed by atoms with E-state index in [4.69, 9.17) is 14.2 Å². The van der Waals surface area contributed by atoms with E-state index >= 15 is 0 Å². The van der Waals surface area contributed by atoms with Crippen LogP contribution in [0.25, 0.3) is 0 Å². The van der Waals surface area contributed by atoms with E-state index in [1.165, 1.54) is 51.7 Å². The van der Waals surface area contributed by atoms with Crippen molar-refractivity contribution in [2.45, 2.75) is 44.1 Å². The molecule has 144 valence electrons. The lowest BCUT2D eigenvalue weighted by Crippen LogP contribution is -2.49. The van der Waals surface area contributed by atoms with Crippen LogP contribution < -0.4 is 4.74 Å². The fourth-order valence-corrected chi connectivity index (χ4v) is 4.89. The minimum atomic E-state index is 0.0969. The Morgan fingerprint density at radius 1 is 1.12 bits per heavy atom. The SMILES string of the molecule is c1ccc(OCCC2CCOC23CCN(CC2CCOCC2)CC3)nc1. The molecule has 0 aromatic carbocycles. The van der Waals surface area contributed by atoms with Crippen LogP contribution in [0, 0.1) is 11.8 Å². The molecule has 3 fully saturated rings. The molecule has 3 saturated heterocycles. The summed E-state index contributed by atoms with van der Waals surface area (Å²) < 4.78 is 17.6. The number of piperidine rings is 1. The van der Waals surface area contributed by atoms with Gasteiger partial charge < -0.3 is 19.1 Å². The molecule has 0 radical (unpaired) electrons. The highest BCUT2D eigenvalue weighted by atomic mass is 16.5. The van der Waals surface area contributed by atoms with Crippen molar-refractivity contribution >= 4 is 0 Å². The average Bonchev–Trinajstić information content (AvgIpc) is 3.08. The zero-order valence-electron chi connectivity index (χ0n) is 15.8. The highest BCUT2D eigenvalue weighted by Gasteiger charge is 2.45. The van der Waals surface area contributed by atoms with Gasteiger partial charge in [-0.3, -0.25) is 0 Å². The predicted octanol–water partition coefficient (Wildman–Crippen LogP) is 3.15. The third kappa shape index (κ3) is 4.38. The van der Waals surface area contributed by atoms with Crippen LogP contribution in [0.2, 0.25) is 0 Å². The van der Waals surface area contributed by atoms with Gasteiger partial charge in [-0.05, 0) is 56.4 Å². The van der Waals surface area contributed by atoms with Crippen molar-refractivity contribution in [3.05, 3.63) is 24.4 Å². The van der Waals surface area contributed by atoms with E-state index in [-0.39, 0.29) is 5.60 Å². The summed E-state index contributed by atoms with van der Waals surface area (Å²) in [5.74, 6) is 2.17. The molecule has 0 aliphatic carbocycles. The Kier molecular flexibility index (Phi) is 6.08. The first kappa shape index (κ1) is 18.2. The molecule has 0 N–H and O–H groups in total. The molecule has 3 aliphatic heterocycles. The summed E-state index contributed by atoms with van der Waals surface area (Å²) in [6.07, 6.45) is 8.82. The lowest BCUT2D eigenvalue weighted by Gasteiger charge is -2.43. The number of pyridine rings is 1. The van der Waals surface area contributed by atoms with Gasteiger partial charge in [0.2, 0.25) is 5.88 Å². The summed E-state index contributed by atoms with van der Waals surface area (Å²) >= 11 is 0. The summed E-state index contributed by atoms with van der Waals surface area (Å²) in [6, 6.07) is 5.81. The number of likely N-dealkylation sites (tertiary alicyclic amines) is 1. The van der Waals surface area contributed by atoms with Crippen LogP contribution in [-0.2, 0) is 9.47 Å². The van der Waals surface area contributed by atoms with Gasteiger partial charge in [-0.2, -0.15) is 0 Å². The molecule has 1 atom stereocenters. The van der Waals surface area contributed by atoms with Crippen molar-refractivity contribution in [3.63, 3.8) is 0 Å². The molecule has 1 aromatic rings. The van der Waals surface area contributed by atoms with Crippen molar-refractivity contribution in [1.82, 2.24) is 9.88 Å². The van der Waals surface area contributed by atoms with E-state index in [1.807, 2.05) is 18.2 Å². The van der Waals surface area contributed by atoms with Crippen molar-refractivity contribution in [2.24, 2.45) is 11.8 Å². The van der Waals surface area contributed by atoms with Crippen LogP contribution in [0.3, 0.4) is 0 Å². The van der Waals surface area contributed by atoms with Crippen molar-refractivity contribution in [3.8, 4) is 5.88 Å². The smallest absolute Gasteiger partial charge is 0.213 e. The van der Waals surface area contributed by atoms with E-state index in [0.717, 1.165) is 44.6 Å². The zero-order valence-corrected chi connectivity index (χ0v) is 15.8. The third-order valence-corrected chi connectivity index (χ3v) is 6.51. The largest absolute Gasteiger partial charge is 0.478 e. The number of aromatic nitrogens is 1. The Bertz CT molecular complexity index is 539. The molecule has 26 heavy (non-hydrogen) atoms. The predicted molar refractivity (Wildman–Crippen MR) is 100 cm³/mol. The lowest BCUT2D eigenvalue weighted by atomic mass is 9.78. The van der Waals surface area contributed by atoms with Gasteiger partial charge >= 0.3 is 0 Å². The summed E-state index contributed by atoms with van der Waals surface area (Å²) in [7, 11) is 0. The second kappa shape index (κ2) is 8.68. The second-order valence-corrected chi connectivity index (χ2v) is 8.06. The molecule has 1 aromatic heterocycles. The van der Waals surface area contributed by atoms with E-state index in [9.17, 15) is 0 Å². The minimum Gasteiger partial charge on any atom is -0.478 e. The number of nitrogens with zero attached hydrogens (tertiary/aromatic N) is 2. The van der Waals surface area contributed by atoms with Crippen LogP contribution >= 0.6 is 0 Å². The second-order valence-electron chi connectivity index (χ2n) is 8.06. The molecular weight excluding hydrogens is 328 g/mol. The fraction of sp³-hybridized carbons (Fsp3) is 0.762. The number of hydrogen-bond donors (Lipinski definition) is 0. The van der Waals surface area contributed by atoms with Gasteiger partial charge in [0, 0.05) is 51.7 Å². The summed E-state index contributed by atoms with van der Waals surface area (Å²) in [5.41, 5.74) is 0.0969. The first-order valence-corrected chi connectivity index (χ1v) is 10.3. The van der Waals surface area contributed by atoms with Gasteiger partial charge in [0.15, 0.2) is 0 Å². The van der Waals surface area contributed by atoms with E-state index in [0.29, 0.717) is 5.92 Å². The minimum absolute atomic E-state index is 0.0969. The Hall–Kier alpha value is -1.17. The maximum Gasteiger partial charge on any atom is 0.213 e. The molecule has 0 amide bonds. The normalized spacial score (nSPS) is 27.0. The molecule has 0 bridgehead atoms. The Morgan fingerprint density at radius 3 is 2.73 bits per heavy atom. The van der Waals surface area contributed by atoms with Crippen molar-refractivity contribution < 1.29 is 14.2 Å². The molecule has 0 saturated carbocycles. The van der Waals surface area contributed by atoms with Gasteiger partial charge in [-0.15, -0.1) is 0 Å².